The fourth-order valence-electron chi connectivity index (χ4n) is 2.39. The number of para-hydroxylation sites is 1. The molecule has 1 N–H and O–H groups in total. The SMILES string of the molecule is O=C1N[C@H](c2ccccc2OCc2ccccc2)CCO1. The van der Waals surface area contributed by atoms with Crippen LogP contribution in [-0.4, -0.2) is 12.7 Å². The van der Waals surface area contributed by atoms with Crippen molar-refractivity contribution < 1.29 is 14.3 Å². The minimum absolute atomic E-state index is 0.0572. The maximum Gasteiger partial charge on any atom is 0.407 e. The number of alkyl carbamates (subject to hydrolysis) is 1. The molecule has 0 radical (unpaired) electrons. The summed E-state index contributed by atoms with van der Waals surface area (Å²) in [5.74, 6) is 0.800. The second-order valence-corrected chi connectivity index (χ2v) is 4.93. The van der Waals surface area contributed by atoms with Crippen LogP contribution in [0.15, 0.2) is 54.6 Å². The lowest BCUT2D eigenvalue weighted by atomic mass is 10.0. The van der Waals surface area contributed by atoms with Crippen LogP contribution in [-0.2, 0) is 11.3 Å². The molecular formula is C17H17NO3. The van der Waals surface area contributed by atoms with Gasteiger partial charge in [0.1, 0.15) is 12.4 Å². The molecule has 0 bridgehead atoms. The van der Waals surface area contributed by atoms with E-state index >= 15 is 0 Å². The number of amides is 1. The first-order valence-electron chi connectivity index (χ1n) is 7.02. The van der Waals surface area contributed by atoms with Gasteiger partial charge in [0.2, 0.25) is 0 Å². The van der Waals surface area contributed by atoms with Gasteiger partial charge in [-0.2, -0.15) is 0 Å². The van der Waals surface area contributed by atoms with Crippen molar-refractivity contribution in [2.45, 2.75) is 19.1 Å². The molecule has 1 saturated heterocycles. The van der Waals surface area contributed by atoms with Crippen molar-refractivity contribution in [2.75, 3.05) is 6.61 Å². The Morgan fingerprint density at radius 1 is 1.10 bits per heavy atom. The van der Waals surface area contributed by atoms with Gasteiger partial charge in [-0.1, -0.05) is 48.5 Å². The minimum atomic E-state index is -0.371. The lowest BCUT2D eigenvalue weighted by Crippen LogP contribution is -2.35. The van der Waals surface area contributed by atoms with E-state index in [9.17, 15) is 4.79 Å². The van der Waals surface area contributed by atoms with Gasteiger partial charge in [0, 0.05) is 12.0 Å². The smallest absolute Gasteiger partial charge is 0.407 e. The molecule has 2 aromatic rings. The van der Waals surface area contributed by atoms with Crippen LogP contribution in [0.1, 0.15) is 23.6 Å². The topological polar surface area (TPSA) is 47.6 Å². The van der Waals surface area contributed by atoms with Crippen LogP contribution in [0, 0.1) is 0 Å². The highest BCUT2D eigenvalue weighted by Gasteiger charge is 2.23. The van der Waals surface area contributed by atoms with Gasteiger partial charge in [-0.15, -0.1) is 0 Å². The molecule has 4 heteroatoms. The molecule has 0 unspecified atom stereocenters. The maximum atomic E-state index is 11.4. The molecular weight excluding hydrogens is 266 g/mol. The standard InChI is InChI=1S/C17H17NO3/c19-17-18-15(10-11-20-17)14-8-4-5-9-16(14)21-12-13-6-2-1-3-7-13/h1-9,15H,10-12H2,(H,18,19)/t15-/m0/s1. The number of carbonyl (C=O) groups excluding carboxylic acids is 1. The molecule has 1 aliphatic rings. The number of benzene rings is 2. The van der Waals surface area contributed by atoms with Gasteiger partial charge < -0.3 is 14.8 Å². The summed E-state index contributed by atoms with van der Waals surface area (Å²) in [5, 5.41) is 2.83. The van der Waals surface area contributed by atoms with Crippen molar-refractivity contribution in [3.8, 4) is 5.75 Å². The second-order valence-electron chi connectivity index (χ2n) is 4.93. The zero-order valence-corrected chi connectivity index (χ0v) is 11.6. The van der Waals surface area contributed by atoms with Gasteiger partial charge >= 0.3 is 6.09 Å². The third-order valence-corrected chi connectivity index (χ3v) is 3.46. The Kier molecular flexibility index (Phi) is 4.05. The number of cyclic esters (lactones) is 1. The zero-order valence-electron chi connectivity index (χ0n) is 11.6. The quantitative estimate of drug-likeness (QED) is 0.935. The third-order valence-electron chi connectivity index (χ3n) is 3.46. The van der Waals surface area contributed by atoms with E-state index in [1.165, 1.54) is 0 Å². The van der Waals surface area contributed by atoms with Crippen LogP contribution in [0.3, 0.4) is 0 Å². The highest BCUT2D eigenvalue weighted by molar-refractivity contribution is 5.69. The Labute approximate surface area is 123 Å². The zero-order chi connectivity index (χ0) is 14.5. The number of hydrogen-bond donors (Lipinski definition) is 1. The predicted octanol–water partition coefficient (Wildman–Crippen LogP) is 3.44. The van der Waals surface area contributed by atoms with Gasteiger partial charge in [0.15, 0.2) is 0 Å². The van der Waals surface area contributed by atoms with Crippen molar-refractivity contribution in [1.29, 1.82) is 0 Å². The molecule has 3 rings (SSSR count). The van der Waals surface area contributed by atoms with Crippen LogP contribution in [0.4, 0.5) is 4.79 Å². The summed E-state index contributed by atoms with van der Waals surface area (Å²) in [5.41, 5.74) is 2.10. The average Bonchev–Trinajstić information content (AvgIpc) is 2.54. The summed E-state index contributed by atoms with van der Waals surface area (Å²) >= 11 is 0. The molecule has 4 nitrogen and oxygen atoms in total. The van der Waals surface area contributed by atoms with Crippen LogP contribution < -0.4 is 10.1 Å². The Morgan fingerprint density at radius 2 is 1.86 bits per heavy atom. The predicted molar refractivity (Wildman–Crippen MR) is 79.1 cm³/mol. The largest absolute Gasteiger partial charge is 0.489 e. The molecule has 1 aliphatic heterocycles. The second kappa shape index (κ2) is 6.31. The molecule has 1 atom stereocenters. The van der Waals surface area contributed by atoms with Gasteiger partial charge in [-0.05, 0) is 11.6 Å². The van der Waals surface area contributed by atoms with Crippen molar-refractivity contribution in [2.24, 2.45) is 0 Å². The lowest BCUT2D eigenvalue weighted by Gasteiger charge is -2.25. The van der Waals surface area contributed by atoms with Crippen LogP contribution >= 0.6 is 0 Å². The fourth-order valence-corrected chi connectivity index (χ4v) is 2.39. The number of carbonyl (C=O) groups is 1. The maximum absolute atomic E-state index is 11.4. The Hall–Kier alpha value is -2.49. The summed E-state index contributed by atoms with van der Waals surface area (Å²) in [7, 11) is 0. The Morgan fingerprint density at radius 3 is 2.67 bits per heavy atom. The highest BCUT2D eigenvalue weighted by Crippen LogP contribution is 2.29. The molecule has 1 amide bonds. The third kappa shape index (κ3) is 3.34. The van der Waals surface area contributed by atoms with E-state index in [4.69, 9.17) is 9.47 Å². The molecule has 0 aliphatic carbocycles. The van der Waals surface area contributed by atoms with Gasteiger partial charge in [-0.3, -0.25) is 0 Å². The Bertz CT molecular complexity index is 612. The average molecular weight is 283 g/mol. The number of nitrogens with one attached hydrogen (secondary N) is 1. The van der Waals surface area contributed by atoms with Crippen molar-refractivity contribution in [3.05, 3.63) is 65.7 Å². The molecule has 21 heavy (non-hydrogen) atoms. The van der Waals surface area contributed by atoms with E-state index in [1.54, 1.807) is 0 Å². The van der Waals surface area contributed by atoms with E-state index in [1.807, 2.05) is 54.6 Å². The summed E-state index contributed by atoms with van der Waals surface area (Å²) in [6.07, 6.45) is 0.376. The van der Waals surface area contributed by atoms with Crippen molar-refractivity contribution >= 4 is 6.09 Å². The molecule has 108 valence electrons. The van der Waals surface area contributed by atoms with E-state index < -0.39 is 0 Å². The summed E-state index contributed by atoms with van der Waals surface area (Å²) in [6.45, 7) is 0.943. The summed E-state index contributed by atoms with van der Waals surface area (Å²) in [4.78, 5) is 11.4. The van der Waals surface area contributed by atoms with Gasteiger partial charge in [-0.25, -0.2) is 4.79 Å². The van der Waals surface area contributed by atoms with Crippen LogP contribution in [0.2, 0.25) is 0 Å². The first kappa shape index (κ1) is 13.5. The number of hydrogen-bond acceptors (Lipinski definition) is 3. The highest BCUT2D eigenvalue weighted by atomic mass is 16.6. The van der Waals surface area contributed by atoms with Gasteiger partial charge in [0.05, 0.1) is 12.6 Å². The molecule has 2 aromatic carbocycles. The molecule has 0 aromatic heterocycles. The molecule has 0 spiro atoms. The first-order chi connectivity index (χ1) is 10.3. The van der Waals surface area contributed by atoms with Crippen molar-refractivity contribution in [1.82, 2.24) is 5.32 Å². The minimum Gasteiger partial charge on any atom is -0.489 e. The molecule has 1 heterocycles. The number of ether oxygens (including phenoxy) is 2. The monoisotopic (exact) mass is 283 g/mol. The van der Waals surface area contributed by atoms with Crippen LogP contribution in [0.5, 0.6) is 5.75 Å². The fraction of sp³-hybridized carbons (Fsp3) is 0.235. The Balaban J connectivity index is 1.74. The molecule has 0 saturated carbocycles. The van der Waals surface area contributed by atoms with Gasteiger partial charge in [0.25, 0.3) is 0 Å². The van der Waals surface area contributed by atoms with E-state index in [0.717, 1.165) is 23.3 Å². The van der Waals surface area contributed by atoms with E-state index in [2.05, 4.69) is 5.32 Å². The van der Waals surface area contributed by atoms with E-state index in [0.29, 0.717) is 13.2 Å². The first-order valence-corrected chi connectivity index (χ1v) is 7.02. The summed E-state index contributed by atoms with van der Waals surface area (Å²) in [6, 6.07) is 17.8. The molecule has 1 fully saturated rings. The van der Waals surface area contributed by atoms with Crippen LogP contribution in [0.25, 0.3) is 0 Å². The van der Waals surface area contributed by atoms with E-state index in [-0.39, 0.29) is 12.1 Å². The normalized spacial score (nSPS) is 17.7. The number of rotatable bonds is 4. The van der Waals surface area contributed by atoms with Crippen molar-refractivity contribution in [3.63, 3.8) is 0 Å². The lowest BCUT2D eigenvalue weighted by molar-refractivity contribution is 0.115. The summed E-state index contributed by atoms with van der Waals surface area (Å²) < 4.78 is 10.8.